The topological polar surface area (TPSA) is 92.3 Å². The van der Waals surface area contributed by atoms with E-state index in [9.17, 15) is 18.0 Å². The van der Waals surface area contributed by atoms with Gasteiger partial charge in [-0.3, -0.25) is 9.59 Å². The molecule has 0 aliphatic rings. The van der Waals surface area contributed by atoms with Crippen LogP contribution in [0.3, 0.4) is 0 Å². The summed E-state index contributed by atoms with van der Waals surface area (Å²) in [5.74, 6) is -0.797. The number of nitrogens with one attached hydrogen (secondary N) is 2. The van der Waals surface area contributed by atoms with E-state index in [2.05, 4.69) is 5.32 Å². The van der Waals surface area contributed by atoms with Gasteiger partial charge in [0.2, 0.25) is 11.8 Å². The maximum atomic E-state index is 11.9. The Balaban J connectivity index is 2.83. The van der Waals surface area contributed by atoms with E-state index in [-0.39, 0.29) is 23.1 Å². The molecule has 2 amide bonds. The van der Waals surface area contributed by atoms with Crippen LogP contribution in [0.4, 0.5) is 5.69 Å². The molecular formula is C14H20N2O4S. The highest BCUT2D eigenvalue weighted by molar-refractivity contribution is 7.90. The molecule has 1 aromatic carbocycles. The fraction of sp³-hybridized carbons (Fsp3) is 0.429. The van der Waals surface area contributed by atoms with Gasteiger partial charge >= 0.3 is 0 Å². The number of anilines is 1. The number of benzene rings is 1. The van der Waals surface area contributed by atoms with Gasteiger partial charge in [-0.1, -0.05) is 20.8 Å². The monoisotopic (exact) mass is 312 g/mol. The van der Waals surface area contributed by atoms with Crippen LogP contribution in [0.15, 0.2) is 29.2 Å². The summed E-state index contributed by atoms with van der Waals surface area (Å²) in [6.45, 7) is 5.29. The van der Waals surface area contributed by atoms with Crippen LogP contribution in [0.25, 0.3) is 0 Å². The Morgan fingerprint density at radius 2 is 1.71 bits per heavy atom. The van der Waals surface area contributed by atoms with Crippen LogP contribution in [0, 0.1) is 5.92 Å². The molecule has 116 valence electrons. The molecule has 0 saturated carbocycles. The van der Waals surface area contributed by atoms with Crippen LogP contribution in [-0.4, -0.2) is 20.2 Å². The molecule has 21 heavy (non-hydrogen) atoms. The van der Waals surface area contributed by atoms with E-state index < -0.39 is 15.9 Å². The van der Waals surface area contributed by atoms with Gasteiger partial charge in [0.05, 0.1) is 4.90 Å². The average Bonchev–Trinajstić information content (AvgIpc) is 2.46. The van der Waals surface area contributed by atoms with Gasteiger partial charge in [0.15, 0.2) is 0 Å². The van der Waals surface area contributed by atoms with E-state index in [4.69, 9.17) is 0 Å². The lowest BCUT2D eigenvalue weighted by molar-refractivity contribution is -0.120. The van der Waals surface area contributed by atoms with Crippen LogP contribution >= 0.6 is 0 Å². The second-order valence-electron chi connectivity index (χ2n) is 4.71. The number of carbonyl (C=O) groups excluding carboxylic acids is 2. The third kappa shape index (κ3) is 4.86. The largest absolute Gasteiger partial charge is 0.326 e. The first kappa shape index (κ1) is 17.2. The molecular weight excluding hydrogens is 292 g/mol. The molecule has 0 spiro atoms. The molecule has 1 unspecified atom stereocenters. The summed E-state index contributed by atoms with van der Waals surface area (Å²) in [7, 11) is -3.85. The summed E-state index contributed by atoms with van der Waals surface area (Å²) < 4.78 is 25.7. The van der Waals surface area contributed by atoms with Crippen molar-refractivity contribution in [2.45, 2.75) is 38.5 Å². The Morgan fingerprint density at radius 1 is 1.14 bits per heavy atom. The fourth-order valence-corrected chi connectivity index (χ4v) is 2.51. The Kier molecular flexibility index (Phi) is 5.90. The first-order valence-corrected chi connectivity index (χ1v) is 8.25. The SMILES string of the molecule is CCC(=O)NS(=O)(=O)c1ccc(NC(=O)C(C)CC)cc1. The summed E-state index contributed by atoms with van der Waals surface area (Å²) in [5.41, 5.74) is 0.515. The lowest BCUT2D eigenvalue weighted by Gasteiger charge is -2.11. The maximum Gasteiger partial charge on any atom is 0.264 e. The molecule has 0 radical (unpaired) electrons. The molecule has 1 aromatic rings. The van der Waals surface area contributed by atoms with Crippen LogP contribution in [-0.2, 0) is 19.6 Å². The van der Waals surface area contributed by atoms with Crippen LogP contribution < -0.4 is 10.0 Å². The van der Waals surface area contributed by atoms with Gasteiger partial charge in [-0.2, -0.15) is 0 Å². The number of rotatable bonds is 6. The lowest BCUT2D eigenvalue weighted by atomic mass is 10.1. The summed E-state index contributed by atoms with van der Waals surface area (Å²) in [6.07, 6.45) is 0.809. The number of carbonyl (C=O) groups is 2. The highest BCUT2D eigenvalue weighted by Gasteiger charge is 2.17. The molecule has 0 aliphatic heterocycles. The van der Waals surface area contributed by atoms with Gasteiger partial charge < -0.3 is 5.32 Å². The molecule has 7 heteroatoms. The minimum atomic E-state index is -3.85. The summed E-state index contributed by atoms with van der Waals surface area (Å²) in [4.78, 5) is 22.9. The van der Waals surface area contributed by atoms with Crippen LogP contribution in [0.1, 0.15) is 33.6 Å². The number of hydrogen-bond donors (Lipinski definition) is 2. The van der Waals surface area contributed by atoms with E-state index >= 15 is 0 Å². The predicted octanol–water partition coefficient (Wildman–Crippen LogP) is 1.89. The number of sulfonamides is 1. The number of hydrogen-bond acceptors (Lipinski definition) is 4. The summed E-state index contributed by atoms with van der Waals surface area (Å²) in [5, 5.41) is 2.70. The van der Waals surface area contributed by atoms with Gasteiger partial charge in [-0.05, 0) is 30.7 Å². The lowest BCUT2D eigenvalue weighted by Crippen LogP contribution is -2.29. The highest BCUT2D eigenvalue weighted by Crippen LogP contribution is 2.15. The second kappa shape index (κ2) is 7.21. The zero-order valence-corrected chi connectivity index (χ0v) is 13.2. The molecule has 0 aliphatic carbocycles. The number of amides is 2. The second-order valence-corrected chi connectivity index (χ2v) is 6.39. The first-order chi connectivity index (χ1) is 9.80. The third-order valence-corrected chi connectivity index (χ3v) is 4.45. The average molecular weight is 312 g/mol. The third-order valence-electron chi connectivity index (χ3n) is 3.06. The van der Waals surface area contributed by atoms with E-state index in [1.54, 1.807) is 6.92 Å². The molecule has 0 saturated heterocycles. The molecule has 1 rings (SSSR count). The van der Waals surface area contributed by atoms with E-state index in [0.717, 1.165) is 6.42 Å². The smallest absolute Gasteiger partial charge is 0.264 e. The van der Waals surface area contributed by atoms with Crippen molar-refractivity contribution in [3.63, 3.8) is 0 Å². The summed E-state index contributed by atoms with van der Waals surface area (Å²) >= 11 is 0. The van der Waals surface area contributed by atoms with Crippen LogP contribution in [0.2, 0.25) is 0 Å². The van der Waals surface area contributed by atoms with Crippen molar-refractivity contribution in [3.05, 3.63) is 24.3 Å². The van der Waals surface area contributed by atoms with Gasteiger partial charge in [0.1, 0.15) is 0 Å². The molecule has 2 N–H and O–H groups in total. The van der Waals surface area contributed by atoms with Crippen molar-refractivity contribution < 1.29 is 18.0 Å². The van der Waals surface area contributed by atoms with E-state index in [1.807, 2.05) is 18.6 Å². The molecule has 0 fully saturated rings. The van der Waals surface area contributed by atoms with Crippen molar-refractivity contribution in [1.29, 1.82) is 0 Å². The van der Waals surface area contributed by atoms with Crippen LogP contribution in [0.5, 0.6) is 0 Å². The standard InChI is InChI=1S/C14H20N2O4S/c1-4-10(3)14(18)15-11-6-8-12(9-7-11)21(19,20)16-13(17)5-2/h6-10H,4-5H2,1-3H3,(H,15,18)(H,16,17). The van der Waals surface area contributed by atoms with Crippen molar-refractivity contribution in [3.8, 4) is 0 Å². The zero-order chi connectivity index (χ0) is 16.0. The Morgan fingerprint density at radius 3 is 2.19 bits per heavy atom. The van der Waals surface area contributed by atoms with Crippen molar-refractivity contribution >= 4 is 27.5 Å². The Bertz CT molecular complexity index is 608. The molecule has 0 bridgehead atoms. The maximum absolute atomic E-state index is 11.9. The van der Waals surface area contributed by atoms with Crippen molar-refractivity contribution in [2.75, 3.05) is 5.32 Å². The molecule has 0 aromatic heterocycles. The fourth-order valence-electron chi connectivity index (χ4n) is 1.45. The summed E-state index contributed by atoms with van der Waals surface area (Å²) in [6, 6.07) is 5.67. The highest BCUT2D eigenvalue weighted by atomic mass is 32.2. The molecule has 6 nitrogen and oxygen atoms in total. The molecule has 0 heterocycles. The Labute approximate surface area is 125 Å². The van der Waals surface area contributed by atoms with Gasteiger partial charge in [-0.25, -0.2) is 13.1 Å². The predicted molar refractivity (Wildman–Crippen MR) is 80.1 cm³/mol. The quantitative estimate of drug-likeness (QED) is 0.839. The van der Waals surface area contributed by atoms with E-state index in [0.29, 0.717) is 5.69 Å². The normalized spacial score (nSPS) is 12.5. The minimum Gasteiger partial charge on any atom is -0.326 e. The van der Waals surface area contributed by atoms with E-state index in [1.165, 1.54) is 24.3 Å². The zero-order valence-electron chi connectivity index (χ0n) is 12.3. The van der Waals surface area contributed by atoms with Crippen molar-refractivity contribution in [1.82, 2.24) is 4.72 Å². The van der Waals surface area contributed by atoms with Gasteiger partial charge in [-0.15, -0.1) is 0 Å². The molecule has 1 atom stereocenters. The van der Waals surface area contributed by atoms with Gasteiger partial charge in [0, 0.05) is 18.0 Å². The van der Waals surface area contributed by atoms with Crippen molar-refractivity contribution in [2.24, 2.45) is 5.92 Å². The van der Waals surface area contributed by atoms with Gasteiger partial charge in [0.25, 0.3) is 10.0 Å². The minimum absolute atomic E-state index is 0.0224. The Hall–Kier alpha value is -1.89. The first-order valence-electron chi connectivity index (χ1n) is 6.76.